The number of hydrogen-bond acceptors (Lipinski definition) is 19. The van der Waals surface area contributed by atoms with Crippen LogP contribution in [0.4, 0.5) is 24.0 Å². The molecule has 1 saturated heterocycles. The molecular weight excluding hydrogens is 1020 g/mol. The van der Waals surface area contributed by atoms with Crippen molar-refractivity contribution in [1.29, 1.82) is 0 Å². The first-order valence-corrected chi connectivity index (χ1v) is 26.7. The summed E-state index contributed by atoms with van der Waals surface area (Å²) in [5.41, 5.74) is -7.35. The highest BCUT2D eigenvalue weighted by molar-refractivity contribution is 5.87. The van der Waals surface area contributed by atoms with Crippen LogP contribution in [0, 0.1) is 11.8 Å². The molecule has 3 saturated carbocycles. The standard InChI is InChI=1S/C53H89N7O18/c1-27(2)72-43(64)58-32-18-17-31(25-54-24-28-19-29(20-28)55-44(65)75-48(3,4)5)73-38(32)35-33(59-46(67)77-50(9,10)11)21-34(57-42(63)53(70)22-30(23-53)56-45(66)76-49(6,7)8)39(36(35)61)74-41-37(62)40(52(15,69)26-71-41)60(16)47(68)78-51(12,13)14/h17,28-30,32-41,54,61-62,69-70H,1,18-26H2,2-16H3,(H,55,65)(H,56,66)(H,57,63)(H,58,64)(H,59,67)/t28-,29-,30?,32-,33+,34-,35-,36+,37-,38?,39+,40-,41-,52+,53?/m1/s1. The predicted molar refractivity (Wildman–Crippen MR) is 280 cm³/mol. The van der Waals surface area contributed by atoms with E-state index in [9.17, 15) is 49.2 Å². The van der Waals surface area contributed by atoms with Gasteiger partial charge in [0.25, 0.3) is 5.91 Å². The van der Waals surface area contributed by atoms with Crippen LogP contribution >= 0.6 is 0 Å². The van der Waals surface area contributed by atoms with Crippen molar-refractivity contribution in [1.82, 2.24) is 36.8 Å². The van der Waals surface area contributed by atoms with Crippen molar-refractivity contribution in [3.63, 3.8) is 0 Å². The Morgan fingerprint density at radius 1 is 0.718 bits per heavy atom. The first-order valence-electron chi connectivity index (χ1n) is 26.7. The maximum absolute atomic E-state index is 14.3. The Hall–Kier alpha value is -5.18. The van der Waals surface area contributed by atoms with Crippen LogP contribution in [0.15, 0.2) is 24.2 Å². The normalized spacial score (nSPS) is 33.1. The summed E-state index contributed by atoms with van der Waals surface area (Å²) in [5, 5.41) is 65.8. The van der Waals surface area contributed by atoms with Gasteiger partial charge in [-0.1, -0.05) is 6.58 Å². The first-order chi connectivity index (χ1) is 35.7. The van der Waals surface area contributed by atoms with Gasteiger partial charge in [0.1, 0.15) is 57.7 Å². The lowest BCUT2D eigenvalue weighted by Gasteiger charge is -2.52. The molecule has 25 heteroatoms. The Morgan fingerprint density at radius 2 is 1.24 bits per heavy atom. The fraction of sp³-hybridized carbons (Fsp3) is 0.811. The van der Waals surface area contributed by atoms with Crippen molar-refractivity contribution in [3.05, 3.63) is 24.2 Å². The Bertz CT molecular complexity index is 2190. The molecule has 11 atom stereocenters. The van der Waals surface area contributed by atoms with E-state index < -0.39 is 143 Å². The maximum atomic E-state index is 14.3. The summed E-state index contributed by atoms with van der Waals surface area (Å²) >= 11 is 0. The van der Waals surface area contributed by atoms with Gasteiger partial charge in [0.2, 0.25) is 0 Å². The molecule has 0 bridgehead atoms. The lowest BCUT2D eigenvalue weighted by molar-refractivity contribution is -0.306. The number of nitrogens with zero attached hydrogens (tertiary/aromatic N) is 1. The average molecular weight is 1110 g/mol. The molecule has 2 aliphatic heterocycles. The number of rotatable bonds is 15. The lowest BCUT2D eigenvalue weighted by Crippen LogP contribution is -2.72. The number of amides is 6. The Morgan fingerprint density at radius 3 is 1.78 bits per heavy atom. The zero-order valence-corrected chi connectivity index (χ0v) is 48.1. The molecule has 0 spiro atoms. The van der Waals surface area contributed by atoms with E-state index in [0.717, 1.165) is 4.90 Å². The Kier molecular flexibility index (Phi) is 20.1. The highest BCUT2D eigenvalue weighted by Gasteiger charge is 2.58. The summed E-state index contributed by atoms with van der Waals surface area (Å²) in [6.07, 6.45) is -9.56. The van der Waals surface area contributed by atoms with Crippen molar-refractivity contribution < 1.29 is 87.1 Å². The van der Waals surface area contributed by atoms with Crippen LogP contribution in [0.5, 0.6) is 0 Å². The summed E-state index contributed by atoms with van der Waals surface area (Å²) in [7, 11) is 1.32. The van der Waals surface area contributed by atoms with Crippen molar-refractivity contribution in [2.75, 3.05) is 26.7 Å². The van der Waals surface area contributed by atoms with Gasteiger partial charge in [-0.15, -0.1) is 0 Å². The number of hydrogen-bond donors (Lipinski definition) is 10. The highest BCUT2D eigenvalue weighted by atomic mass is 16.7. The number of alkyl carbamates (subject to hydrolysis) is 4. The zero-order valence-electron chi connectivity index (χ0n) is 48.1. The Labute approximate surface area is 457 Å². The van der Waals surface area contributed by atoms with Crippen molar-refractivity contribution >= 4 is 36.4 Å². The topological polar surface area (TPSA) is 333 Å². The second kappa shape index (κ2) is 24.7. The second-order valence-corrected chi connectivity index (χ2v) is 25.7. The Balaban J connectivity index is 1.49. The summed E-state index contributed by atoms with van der Waals surface area (Å²) in [4.78, 5) is 81.0. The van der Waals surface area contributed by atoms with Gasteiger partial charge in [0.15, 0.2) is 6.29 Å². The molecule has 5 aliphatic rings. The number of aliphatic hydroxyl groups is 4. The zero-order chi connectivity index (χ0) is 58.7. The number of likely N-dealkylation sites (N-methyl/N-ethyl adjacent to an activating group) is 1. The van der Waals surface area contributed by atoms with E-state index in [4.69, 9.17) is 37.9 Å². The first kappa shape index (κ1) is 63.6. The molecule has 0 aromatic carbocycles. The quantitative estimate of drug-likeness (QED) is 0.0829. The van der Waals surface area contributed by atoms with Crippen molar-refractivity contribution in [2.24, 2.45) is 11.8 Å². The lowest BCUT2D eigenvalue weighted by atomic mass is 9.71. The monoisotopic (exact) mass is 1110 g/mol. The molecule has 0 aromatic heterocycles. The van der Waals surface area contributed by atoms with Crippen LogP contribution in [-0.2, 0) is 42.7 Å². The molecule has 25 nitrogen and oxygen atoms in total. The van der Waals surface area contributed by atoms with E-state index in [-0.39, 0.29) is 49.9 Å². The third kappa shape index (κ3) is 18.2. The third-order valence-electron chi connectivity index (χ3n) is 13.5. The maximum Gasteiger partial charge on any atom is 0.412 e. The van der Waals surface area contributed by atoms with Gasteiger partial charge < -0.3 is 95.1 Å². The molecule has 5 rings (SSSR count). The van der Waals surface area contributed by atoms with E-state index in [0.29, 0.717) is 25.1 Å². The molecule has 78 heavy (non-hydrogen) atoms. The van der Waals surface area contributed by atoms with Crippen LogP contribution in [0.3, 0.4) is 0 Å². The second-order valence-electron chi connectivity index (χ2n) is 25.7. The molecule has 4 fully saturated rings. The number of carbonyl (C=O) groups excluding carboxylic acids is 6. The van der Waals surface area contributed by atoms with E-state index in [1.54, 1.807) is 89.2 Å². The molecule has 1 unspecified atom stereocenters. The predicted octanol–water partition coefficient (Wildman–Crippen LogP) is 3.45. The number of nitrogens with one attached hydrogen (secondary N) is 6. The van der Waals surface area contributed by atoms with E-state index in [1.165, 1.54) is 20.9 Å². The van der Waals surface area contributed by atoms with Gasteiger partial charge in [-0.2, -0.15) is 0 Å². The van der Waals surface area contributed by atoms with Crippen LogP contribution in [0.25, 0.3) is 0 Å². The highest BCUT2D eigenvalue weighted by Crippen LogP contribution is 2.40. The van der Waals surface area contributed by atoms with Gasteiger partial charge >= 0.3 is 30.5 Å². The summed E-state index contributed by atoms with van der Waals surface area (Å²) in [5.74, 6) is -1.49. The van der Waals surface area contributed by atoms with E-state index in [1.807, 2.05) is 0 Å². The van der Waals surface area contributed by atoms with Gasteiger partial charge in [0, 0.05) is 43.9 Å². The van der Waals surface area contributed by atoms with Gasteiger partial charge in [-0.25, -0.2) is 24.0 Å². The SMILES string of the molecule is C=C(C)OC(=O)N[C@@H]1CC=C(CNC[C@H]2C[C@H](NC(=O)OC(C)(C)C)C2)OC1[C@H]1[C@H](O)[C@@H](O[C@H]2OC[C@](C)(O)[C@H](N(C)C(=O)OC(C)(C)C)[C@H]2O)[C@H](NC(=O)C2(O)CC(NC(=O)OC(C)(C)C)C2)C[C@@H]1NC(=O)OC(C)(C)C. The molecule has 0 radical (unpaired) electrons. The molecule has 444 valence electrons. The minimum atomic E-state index is -2.05. The summed E-state index contributed by atoms with van der Waals surface area (Å²) in [6, 6.07) is -5.62. The van der Waals surface area contributed by atoms with Gasteiger partial charge in [-0.3, -0.25) is 4.79 Å². The van der Waals surface area contributed by atoms with Crippen LogP contribution in [-0.4, -0.2) is 189 Å². The van der Waals surface area contributed by atoms with Crippen LogP contribution < -0.4 is 31.9 Å². The number of ether oxygens (including phenoxy) is 8. The molecule has 10 N–H and O–H groups in total. The fourth-order valence-corrected chi connectivity index (χ4v) is 10.3. The van der Waals surface area contributed by atoms with E-state index in [2.05, 4.69) is 38.5 Å². The smallest absolute Gasteiger partial charge is 0.412 e. The van der Waals surface area contributed by atoms with Gasteiger partial charge in [-0.05, 0) is 141 Å². The van der Waals surface area contributed by atoms with E-state index >= 15 is 0 Å². The van der Waals surface area contributed by atoms with Crippen LogP contribution in [0.1, 0.15) is 135 Å². The average Bonchev–Trinajstić information content (AvgIpc) is 3.21. The van der Waals surface area contributed by atoms with Crippen molar-refractivity contribution in [2.45, 2.75) is 236 Å². The summed E-state index contributed by atoms with van der Waals surface area (Å²) < 4.78 is 46.6. The molecule has 3 aliphatic carbocycles. The number of allylic oxidation sites excluding steroid dienone is 1. The van der Waals surface area contributed by atoms with Gasteiger partial charge in [0.05, 0.1) is 43.1 Å². The number of carbonyl (C=O) groups is 6. The molecular formula is C53H89N7O18. The minimum absolute atomic E-state index is 0.0577. The number of aliphatic hydroxyl groups excluding tert-OH is 2. The third-order valence-corrected chi connectivity index (χ3v) is 13.5. The molecule has 2 heterocycles. The largest absolute Gasteiger partial charge is 0.491 e. The molecule has 0 aromatic rings. The fourth-order valence-electron chi connectivity index (χ4n) is 10.3. The minimum Gasteiger partial charge on any atom is -0.491 e. The summed E-state index contributed by atoms with van der Waals surface area (Å²) in [6.45, 7) is 27.0. The molecule has 6 amide bonds. The van der Waals surface area contributed by atoms with Crippen molar-refractivity contribution in [3.8, 4) is 0 Å². The van der Waals surface area contributed by atoms with Crippen LogP contribution in [0.2, 0.25) is 0 Å².